The zero-order valence-electron chi connectivity index (χ0n) is 13.3. The largest absolute Gasteiger partial charge is 0.302 e. The van der Waals surface area contributed by atoms with E-state index in [0.29, 0.717) is 6.54 Å². The Morgan fingerprint density at radius 3 is 3.12 bits per heavy atom. The van der Waals surface area contributed by atoms with E-state index in [2.05, 4.69) is 9.97 Å². The molecule has 0 unspecified atom stereocenters. The van der Waals surface area contributed by atoms with Crippen molar-refractivity contribution in [3.8, 4) is 0 Å². The lowest BCUT2D eigenvalue weighted by molar-refractivity contribution is 0.719. The molecule has 4 aromatic heterocycles. The first-order valence-electron chi connectivity index (χ1n) is 8.14. The van der Waals surface area contributed by atoms with Crippen LogP contribution in [0, 0.1) is 6.92 Å². The van der Waals surface area contributed by atoms with Crippen molar-refractivity contribution in [2.24, 2.45) is 0 Å². The Morgan fingerprint density at radius 1 is 1.29 bits per heavy atom. The van der Waals surface area contributed by atoms with E-state index in [1.54, 1.807) is 22.2 Å². The van der Waals surface area contributed by atoms with E-state index in [9.17, 15) is 4.79 Å². The first-order chi connectivity index (χ1) is 11.7. The maximum Gasteiger partial charge on any atom is 0.262 e. The van der Waals surface area contributed by atoms with Crippen LogP contribution in [0.2, 0.25) is 0 Å². The summed E-state index contributed by atoms with van der Waals surface area (Å²) >= 11 is 1.68. The molecule has 0 N–H and O–H groups in total. The smallest absolute Gasteiger partial charge is 0.262 e. The highest BCUT2D eigenvalue weighted by atomic mass is 32.1. The third-order valence-corrected chi connectivity index (χ3v) is 6.04. The molecule has 1 aliphatic carbocycles. The Labute approximate surface area is 142 Å². The second-order valence-electron chi connectivity index (χ2n) is 6.29. The molecule has 5 nitrogen and oxygen atoms in total. The molecule has 1 aliphatic rings. The van der Waals surface area contributed by atoms with Gasteiger partial charge in [0.25, 0.3) is 5.56 Å². The van der Waals surface area contributed by atoms with Gasteiger partial charge >= 0.3 is 0 Å². The number of hydrogen-bond donors (Lipinski definition) is 0. The molecule has 5 rings (SSSR count). The quantitative estimate of drug-likeness (QED) is 0.565. The van der Waals surface area contributed by atoms with Gasteiger partial charge in [-0.15, -0.1) is 11.3 Å². The Balaban J connectivity index is 1.68. The Hall–Kier alpha value is -2.47. The zero-order valence-corrected chi connectivity index (χ0v) is 14.1. The van der Waals surface area contributed by atoms with Crippen LogP contribution >= 0.6 is 11.3 Å². The molecule has 0 spiro atoms. The van der Waals surface area contributed by atoms with Crippen molar-refractivity contribution < 1.29 is 0 Å². The fourth-order valence-electron chi connectivity index (χ4n) is 3.65. The number of imidazole rings is 1. The van der Waals surface area contributed by atoms with Crippen molar-refractivity contribution in [2.45, 2.75) is 32.7 Å². The molecular weight excluding hydrogens is 320 g/mol. The van der Waals surface area contributed by atoms with Gasteiger partial charge in [-0.1, -0.05) is 6.07 Å². The van der Waals surface area contributed by atoms with E-state index in [4.69, 9.17) is 0 Å². The maximum absolute atomic E-state index is 13.0. The molecular formula is C18H16N4OS. The minimum Gasteiger partial charge on any atom is -0.302 e. The number of fused-ring (bicyclic) bond motifs is 4. The molecule has 0 atom stereocenters. The normalized spacial score (nSPS) is 13.9. The van der Waals surface area contributed by atoms with Gasteiger partial charge in [0.2, 0.25) is 0 Å². The topological polar surface area (TPSA) is 52.2 Å². The van der Waals surface area contributed by atoms with Crippen LogP contribution in [0.3, 0.4) is 0 Å². The van der Waals surface area contributed by atoms with E-state index in [-0.39, 0.29) is 5.56 Å². The Bertz CT molecular complexity index is 1150. The molecule has 0 saturated heterocycles. The van der Waals surface area contributed by atoms with Gasteiger partial charge in [-0.25, -0.2) is 9.97 Å². The fourth-order valence-corrected chi connectivity index (χ4v) is 4.87. The predicted octanol–water partition coefficient (Wildman–Crippen LogP) is 2.95. The average Bonchev–Trinajstić information content (AvgIpc) is 3.23. The molecule has 120 valence electrons. The summed E-state index contributed by atoms with van der Waals surface area (Å²) in [5.41, 5.74) is 4.19. The second-order valence-corrected chi connectivity index (χ2v) is 7.37. The van der Waals surface area contributed by atoms with Crippen molar-refractivity contribution in [1.82, 2.24) is 18.9 Å². The van der Waals surface area contributed by atoms with Crippen LogP contribution in [-0.2, 0) is 19.4 Å². The summed E-state index contributed by atoms with van der Waals surface area (Å²) in [7, 11) is 0. The number of nitrogens with zero attached hydrogens (tertiary/aromatic N) is 4. The molecule has 0 saturated carbocycles. The van der Waals surface area contributed by atoms with Crippen molar-refractivity contribution >= 4 is 27.2 Å². The van der Waals surface area contributed by atoms with Crippen LogP contribution in [0.15, 0.2) is 35.5 Å². The minimum absolute atomic E-state index is 0.0738. The van der Waals surface area contributed by atoms with Gasteiger partial charge in [0, 0.05) is 11.1 Å². The van der Waals surface area contributed by atoms with Gasteiger partial charge in [0.15, 0.2) is 0 Å². The van der Waals surface area contributed by atoms with Crippen molar-refractivity contribution in [2.75, 3.05) is 0 Å². The van der Waals surface area contributed by atoms with Crippen LogP contribution in [0.5, 0.6) is 0 Å². The molecule has 0 fully saturated rings. The molecule has 4 heterocycles. The summed E-state index contributed by atoms with van der Waals surface area (Å²) < 4.78 is 3.77. The summed E-state index contributed by atoms with van der Waals surface area (Å²) in [6, 6.07) is 5.93. The third-order valence-electron chi connectivity index (χ3n) is 4.84. The third kappa shape index (κ3) is 1.89. The molecule has 6 heteroatoms. The van der Waals surface area contributed by atoms with Crippen molar-refractivity contribution in [1.29, 1.82) is 0 Å². The SMILES string of the molecule is Cc1nc2ccccn2c1Cn1cnc2sc3c(c2c1=O)CCC3. The van der Waals surface area contributed by atoms with E-state index < -0.39 is 0 Å². The number of aromatic nitrogens is 4. The summed E-state index contributed by atoms with van der Waals surface area (Å²) in [6.07, 6.45) is 6.91. The van der Waals surface area contributed by atoms with Gasteiger partial charge in [-0.3, -0.25) is 9.36 Å². The van der Waals surface area contributed by atoms with Crippen LogP contribution in [0.1, 0.15) is 28.2 Å². The highest BCUT2D eigenvalue weighted by molar-refractivity contribution is 7.18. The fraction of sp³-hybridized carbons (Fsp3) is 0.278. The van der Waals surface area contributed by atoms with Gasteiger partial charge in [-0.05, 0) is 43.9 Å². The molecule has 0 aliphatic heterocycles. The van der Waals surface area contributed by atoms with E-state index in [1.807, 2.05) is 35.7 Å². The predicted molar refractivity (Wildman–Crippen MR) is 94.9 cm³/mol. The molecule has 4 aromatic rings. The van der Waals surface area contributed by atoms with Gasteiger partial charge in [0.05, 0.1) is 29.6 Å². The van der Waals surface area contributed by atoms with Crippen molar-refractivity contribution in [3.63, 3.8) is 0 Å². The molecule has 0 radical (unpaired) electrons. The average molecular weight is 336 g/mol. The summed E-state index contributed by atoms with van der Waals surface area (Å²) in [6.45, 7) is 2.48. The lowest BCUT2D eigenvalue weighted by Crippen LogP contribution is -2.22. The van der Waals surface area contributed by atoms with E-state index in [0.717, 1.165) is 46.5 Å². The zero-order chi connectivity index (χ0) is 16.3. The van der Waals surface area contributed by atoms with Crippen LogP contribution in [-0.4, -0.2) is 18.9 Å². The molecule has 0 bridgehead atoms. The van der Waals surface area contributed by atoms with Crippen LogP contribution < -0.4 is 5.56 Å². The van der Waals surface area contributed by atoms with Crippen LogP contribution in [0.4, 0.5) is 0 Å². The van der Waals surface area contributed by atoms with E-state index in [1.165, 1.54) is 10.4 Å². The highest BCUT2D eigenvalue weighted by Crippen LogP contribution is 2.34. The summed E-state index contributed by atoms with van der Waals surface area (Å²) in [4.78, 5) is 24.4. The lowest BCUT2D eigenvalue weighted by atomic mass is 10.2. The Kier molecular flexibility index (Phi) is 2.91. The molecule has 0 aromatic carbocycles. The van der Waals surface area contributed by atoms with Gasteiger partial charge in [0.1, 0.15) is 10.5 Å². The summed E-state index contributed by atoms with van der Waals surface area (Å²) in [5, 5.41) is 0.835. The molecule has 0 amide bonds. The number of pyridine rings is 1. The summed E-state index contributed by atoms with van der Waals surface area (Å²) in [5.74, 6) is 0. The highest BCUT2D eigenvalue weighted by Gasteiger charge is 2.21. The maximum atomic E-state index is 13.0. The lowest BCUT2D eigenvalue weighted by Gasteiger charge is -2.07. The van der Waals surface area contributed by atoms with Crippen molar-refractivity contribution in [3.05, 3.63) is 62.9 Å². The standard InChI is InChI=1S/C18H16N4OS/c1-11-13(22-8-3-2-7-15(22)20-11)9-21-10-19-17-16(18(21)23)12-5-4-6-14(12)24-17/h2-3,7-8,10H,4-6,9H2,1H3. The number of rotatable bonds is 2. The first-order valence-corrected chi connectivity index (χ1v) is 8.96. The number of aryl methyl sites for hydroxylation is 3. The number of hydrogen-bond acceptors (Lipinski definition) is 4. The van der Waals surface area contributed by atoms with Crippen LogP contribution in [0.25, 0.3) is 15.9 Å². The van der Waals surface area contributed by atoms with Gasteiger partial charge < -0.3 is 4.40 Å². The Morgan fingerprint density at radius 2 is 2.21 bits per heavy atom. The second kappa shape index (κ2) is 5.01. The monoisotopic (exact) mass is 336 g/mol. The van der Waals surface area contributed by atoms with Gasteiger partial charge in [-0.2, -0.15) is 0 Å². The first kappa shape index (κ1) is 13.9. The number of thiophene rings is 1. The minimum atomic E-state index is 0.0738. The molecule has 24 heavy (non-hydrogen) atoms. The van der Waals surface area contributed by atoms with E-state index >= 15 is 0 Å².